The molecule has 0 saturated carbocycles. The lowest BCUT2D eigenvalue weighted by Crippen LogP contribution is -2.25. The summed E-state index contributed by atoms with van der Waals surface area (Å²) in [7, 11) is 1.35. The Hall–Kier alpha value is -2.29. The standard InChI is InChI=1S/C16H16O3/c1-12(16(17)18-2)19-15-11-7-6-10-14(15)13-8-4-3-5-9-13/h3-12H,1-2H3. The van der Waals surface area contributed by atoms with Crippen LogP contribution in [0.25, 0.3) is 11.1 Å². The van der Waals surface area contributed by atoms with Gasteiger partial charge in [0.25, 0.3) is 0 Å². The molecule has 19 heavy (non-hydrogen) atoms. The van der Waals surface area contributed by atoms with Crippen molar-refractivity contribution in [3.05, 3.63) is 54.6 Å². The van der Waals surface area contributed by atoms with E-state index in [-0.39, 0.29) is 5.97 Å². The van der Waals surface area contributed by atoms with Crippen LogP contribution in [0.2, 0.25) is 0 Å². The van der Waals surface area contributed by atoms with E-state index in [2.05, 4.69) is 4.74 Å². The van der Waals surface area contributed by atoms with Crippen molar-refractivity contribution in [1.82, 2.24) is 0 Å². The van der Waals surface area contributed by atoms with Crippen LogP contribution in [0.3, 0.4) is 0 Å². The summed E-state index contributed by atoms with van der Waals surface area (Å²) < 4.78 is 10.3. The fourth-order valence-corrected chi connectivity index (χ4v) is 1.83. The maximum absolute atomic E-state index is 11.4. The molecule has 2 aromatic carbocycles. The van der Waals surface area contributed by atoms with Crippen LogP contribution in [0.1, 0.15) is 6.92 Å². The SMILES string of the molecule is COC(=O)C(C)Oc1ccccc1-c1ccccc1. The number of benzene rings is 2. The highest BCUT2D eigenvalue weighted by Crippen LogP contribution is 2.30. The van der Waals surface area contributed by atoms with Crippen molar-refractivity contribution in [2.45, 2.75) is 13.0 Å². The second-order valence-electron chi connectivity index (χ2n) is 4.15. The first-order valence-corrected chi connectivity index (χ1v) is 6.11. The summed E-state index contributed by atoms with van der Waals surface area (Å²) in [6.45, 7) is 1.67. The zero-order valence-electron chi connectivity index (χ0n) is 11.0. The molecular weight excluding hydrogens is 240 g/mol. The van der Waals surface area contributed by atoms with Crippen LogP contribution in [0, 0.1) is 0 Å². The Morgan fingerprint density at radius 1 is 1.00 bits per heavy atom. The zero-order chi connectivity index (χ0) is 13.7. The molecule has 98 valence electrons. The van der Waals surface area contributed by atoms with Gasteiger partial charge in [-0.25, -0.2) is 4.79 Å². The zero-order valence-corrected chi connectivity index (χ0v) is 11.0. The van der Waals surface area contributed by atoms with Crippen LogP contribution in [0.5, 0.6) is 5.75 Å². The van der Waals surface area contributed by atoms with E-state index in [4.69, 9.17) is 4.74 Å². The highest BCUT2D eigenvalue weighted by Gasteiger charge is 2.16. The smallest absolute Gasteiger partial charge is 0.346 e. The van der Waals surface area contributed by atoms with Crippen LogP contribution >= 0.6 is 0 Å². The number of ether oxygens (including phenoxy) is 2. The Bertz CT molecular complexity index is 549. The van der Waals surface area contributed by atoms with Crippen molar-refractivity contribution in [3.8, 4) is 16.9 Å². The molecule has 0 aliphatic rings. The van der Waals surface area contributed by atoms with Gasteiger partial charge in [0, 0.05) is 5.56 Å². The second-order valence-corrected chi connectivity index (χ2v) is 4.15. The van der Waals surface area contributed by atoms with Gasteiger partial charge in [-0.1, -0.05) is 48.5 Å². The fraction of sp³-hybridized carbons (Fsp3) is 0.188. The van der Waals surface area contributed by atoms with Gasteiger partial charge in [-0.2, -0.15) is 0 Å². The van der Waals surface area contributed by atoms with E-state index in [1.807, 2.05) is 54.6 Å². The molecule has 0 aromatic heterocycles. The molecule has 0 radical (unpaired) electrons. The highest BCUT2D eigenvalue weighted by molar-refractivity contribution is 5.76. The first kappa shape index (κ1) is 13.1. The van der Waals surface area contributed by atoms with Gasteiger partial charge in [0.15, 0.2) is 6.10 Å². The molecule has 0 N–H and O–H groups in total. The van der Waals surface area contributed by atoms with Crippen LogP contribution in [-0.4, -0.2) is 19.2 Å². The lowest BCUT2D eigenvalue weighted by molar-refractivity contribution is -0.147. The van der Waals surface area contributed by atoms with E-state index < -0.39 is 6.10 Å². The third-order valence-electron chi connectivity index (χ3n) is 2.81. The molecule has 0 saturated heterocycles. The molecule has 0 bridgehead atoms. The van der Waals surface area contributed by atoms with Crippen molar-refractivity contribution < 1.29 is 14.3 Å². The van der Waals surface area contributed by atoms with Crippen LogP contribution in [-0.2, 0) is 9.53 Å². The molecule has 3 heteroatoms. The van der Waals surface area contributed by atoms with Crippen molar-refractivity contribution in [2.24, 2.45) is 0 Å². The lowest BCUT2D eigenvalue weighted by atomic mass is 10.0. The largest absolute Gasteiger partial charge is 0.478 e. The number of methoxy groups -OCH3 is 1. The number of para-hydroxylation sites is 1. The highest BCUT2D eigenvalue weighted by atomic mass is 16.6. The molecule has 0 heterocycles. The molecule has 0 fully saturated rings. The second kappa shape index (κ2) is 6.05. The molecule has 0 spiro atoms. The van der Waals surface area contributed by atoms with Crippen LogP contribution in [0.4, 0.5) is 0 Å². The van der Waals surface area contributed by atoms with Gasteiger partial charge in [-0.3, -0.25) is 0 Å². The van der Waals surface area contributed by atoms with E-state index in [9.17, 15) is 4.79 Å². The minimum Gasteiger partial charge on any atom is -0.478 e. The average Bonchev–Trinajstić information content (AvgIpc) is 2.47. The molecule has 0 aliphatic carbocycles. The van der Waals surface area contributed by atoms with Crippen LogP contribution < -0.4 is 4.74 Å². The Morgan fingerprint density at radius 3 is 2.32 bits per heavy atom. The van der Waals surface area contributed by atoms with Crippen molar-refractivity contribution in [2.75, 3.05) is 7.11 Å². The van der Waals surface area contributed by atoms with Gasteiger partial charge in [0.05, 0.1) is 7.11 Å². The maximum atomic E-state index is 11.4. The maximum Gasteiger partial charge on any atom is 0.346 e. The summed E-state index contributed by atoms with van der Waals surface area (Å²) in [6.07, 6.45) is -0.630. The lowest BCUT2D eigenvalue weighted by Gasteiger charge is -2.15. The Morgan fingerprint density at radius 2 is 1.63 bits per heavy atom. The number of hydrogen-bond acceptors (Lipinski definition) is 3. The third-order valence-corrected chi connectivity index (χ3v) is 2.81. The molecule has 1 atom stereocenters. The summed E-state index contributed by atoms with van der Waals surface area (Å²) >= 11 is 0. The Labute approximate surface area is 112 Å². The van der Waals surface area contributed by atoms with Gasteiger partial charge >= 0.3 is 5.97 Å². The topological polar surface area (TPSA) is 35.5 Å². The number of hydrogen-bond donors (Lipinski definition) is 0. The molecule has 2 aromatic rings. The number of rotatable bonds is 4. The van der Waals surface area contributed by atoms with E-state index in [1.54, 1.807) is 6.92 Å². The van der Waals surface area contributed by atoms with Gasteiger partial charge < -0.3 is 9.47 Å². The van der Waals surface area contributed by atoms with Gasteiger partial charge in [-0.05, 0) is 18.6 Å². The van der Waals surface area contributed by atoms with Crippen LogP contribution in [0.15, 0.2) is 54.6 Å². The average molecular weight is 256 g/mol. The molecular formula is C16H16O3. The Balaban J connectivity index is 2.30. The summed E-state index contributed by atoms with van der Waals surface area (Å²) in [4.78, 5) is 11.4. The fourth-order valence-electron chi connectivity index (χ4n) is 1.83. The number of carbonyl (C=O) groups is 1. The van der Waals surface area contributed by atoms with E-state index in [0.29, 0.717) is 5.75 Å². The van der Waals surface area contributed by atoms with Gasteiger partial charge in [0.2, 0.25) is 0 Å². The molecule has 2 rings (SSSR count). The molecule has 3 nitrogen and oxygen atoms in total. The summed E-state index contributed by atoms with van der Waals surface area (Å²) in [5.74, 6) is 0.287. The third kappa shape index (κ3) is 3.13. The normalized spacial score (nSPS) is 11.7. The van der Waals surface area contributed by atoms with E-state index in [0.717, 1.165) is 11.1 Å². The van der Waals surface area contributed by atoms with E-state index >= 15 is 0 Å². The summed E-state index contributed by atoms with van der Waals surface area (Å²) in [5, 5.41) is 0. The molecule has 0 amide bonds. The van der Waals surface area contributed by atoms with E-state index in [1.165, 1.54) is 7.11 Å². The van der Waals surface area contributed by atoms with Crippen molar-refractivity contribution in [3.63, 3.8) is 0 Å². The number of esters is 1. The predicted molar refractivity (Wildman–Crippen MR) is 74.0 cm³/mol. The van der Waals surface area contributed by atoms with Crippen molar-refractivity contribution in [1.29, 1.82) is 0 Å². The minimum absolute atomic E-state index is 0.386. The minimum atomic E-state index is -0.630. The van der Waals surface area contributed by atoms with Crippen molar-refractivity contribution >= 4 is 5.97 Å². The van der Waals surface area contributed by atoms with Gasteiger partial charge in [0.1, 0.15) is 5.75 Å². The first-order chi connectivity index (χ1) is 9.22. The summed E-state index contributed by atoms with van der Waals surface area (Å²) in [5.41, 5.74) is 2.01. The molecule has 1 unspecified atom stereocenters. The monoisotopic (exact) mass is 256 g/mol. The summed E-state index contributed by atoms with van der Waals surface area (Å²) in [6, 6.07) is 17.5. The first-order valence-electron chi connectivity index (χ1n) is 6.11. The Kier molecular flexibility index (Phi) is 4.18. The predicted octanol–water partition coefficient (Wildman–Crippen LogP) is 3.29. The van der Waals surface area contributed by atoms with Gasteiger partial charge in [-0.15, -0.1) is 0 Å². The quantitative estimate of drug-likeness (QED) is 0.787. The number of carbonyl (C=O) groups excluding carboxylic acids is 1. The molecule has 0 aliphatic heterocycles.